The van der Waals surface area contributed by atoms with E-state index in [2.05, 4.69) is 48.1 Å². The first-order valence-corrected chi connectivity index (χ1v) is 9.63. The summed E-state index contributed by atoms with van der Waals surface area (Å²) in [4.78, 5) is 9.35. The summed E-state index contributed by atoms with van der Waals surface area (Å²) in [6, 6.07) is 20.3. The molecule has 0 amide bonds. The van der Waals surface area contributed by atoms with Crippen LogP contribution in [0.5, 0.6) is 0 Å². The molecule has 0 bridgehead atoms. The maximum atomic E-state index is 5.97. The number of fused-ring (bicyclic) bond motifs is 2. The van der Waals surface area contributed by atoms with Crippen molar-refractivity contribution in [3.8, 4) is 22.9 Å². The van der Waals surface area contributed by atoms with Gasteiger partial charge < -0.3 is 8.83 Å². The van der Waals surface area contributed by atoms with E-state index in [0.717, 1.165) is 46.2 Å². The summed E-state index contributed by atoms with van der Waals surface area (Å²) in [5.74, 6) is 1.21. The van der Waals surface area contributed by atoms with Gasteiger partial charge in [-0.2, -0.15) is 0 Å². The van der Waals surface area contributed by atoms with E-state index in [1.807, 2.05) is 36.4 Å². The van der Waals surface area contributed by atoms with Crippen LogP contribution < -0.4 is 0 Å². The lowest BCUT2D eigenvalue weighted by Gasteiger charge is -1.98. The molecular weight excluding hydrogens is 348 g/mol. The number of benzene rings is 3. The summed E-state index contributed by atoms with van der Waals surface area (Å²) in [6.45, 7) is 4.27. The van der Waals surface area contributed by atoms with Crippen LogP contribution >= 0.6 is 0 Å². The molecule has 0 unspecified atom stereocenters. The summed E-state index contributed by atoms with van der Waals surface area (Å²) in [6.07, 6.45) is 1.95. The van der Waals surface area contributed by atoms with Gasteiger partial charge in [-0.05, 0) is 66.4 Å². The highest BCUT2D eigenvalue weighted by atomic mass is 16.4. The number of nitrogens with zero attached hydrogens (tertiary/aromatic N) is 2. The third kappa shape index (κ3) is 2.87. The van der Waals surface area contributed by atoms with Gasteiger partial charge in [-0.1, -0.05) is 32.0 Å². The molecule has 0 saturated heterocycles. The lowest BCUT2D eigenvalue weighted by molar-refractivity contribution is 0.617. The van der Waals surface area contributed by atoms with Crippen molar-refractivity contribution < 1.29 is 8.83 Å². The van der Waals surface area contributed by atoms with E-state index >= 15 is 0 Å². The lowest BCUT2D eigenvalue weighted by Crippen LogP contribution is -1.82. The molecule has 0 aliphatic rings. The van der Waals surface area contributed by atoms with E-state index in [1.165, 1.54) is 11.1 Å². The first kappa shape index (κ1) is 16.8. The molecule has 5 aromatic rings. The molecule has 0 N–H and O–H groups in total. The molecule has 28 heavy (non-hydrogen) atoms. The molecule has 0 saturated carbocycles. The number of rotatable bonds is 4. The number of aryl methyl sites for hydroxylation is 2. The summed E-state index contributed by atoms with van der Waals surface area (Å²) >= 11 is 0. The highest BCUT2D eigenvalue weighted by Crippen LogP contribution is 2.30. The first-order valence-electron chi connectivity index (χ1n) is 9.63. The minimum Gasteiger partial charge on any atom is -0.436 e. The molecular formula is C24H20N2O2. The van der Waals surface area contributed by atoms with Crippen molar-refractivity contribution in [1.29, 1.82) is 0 Å². The quantitative estimate of drug-likeness (QED) is 0.367. The Morgan fingerprint density at radius 3 is 1.61 bits per heavy atom. The van der Waals surface area contributed by atoms with Gasteiger partial charge in [0.1, 0.15) is 11.0 Å². The second kappa shape index (κ2) is 6.64. The molecule has 5 rings (SSSR count). The van der Waals surface area contributed by atoms with Crippen molar-refractivity contribution in [2.45, 2.75) is 26.7 Å². The van der Waals surface area contributed by atoms with Crippen LogP contribution in [0.1, 0.15) is 25.0 Å². The predicted octanol–water partition coefficient (Wildman–Crippen LogP) is 6.43. The average molecular weight is 368 g/mol. The molecule has 138 valence electrons. The zero-order chi connectivity index (χ0) is 19.1. The molecule has 2 aromatic heterocycles. The summed E-state index contributed by atoms with van der Waals surface area (Å²) in [5, 5.41) is 0. The Balaban J connectivity index is 1.56. The zero-order valence-corrected chi connectivity index (χ0v) is 15.9. The van der Waals surface area contributed by atoms with E-state index < -0.39 is 0 Å². The second-order valence-corrected chi connectivity index (χ2v) is 6.93. The van der Waals surface area contributed by atoms with Crippen LogP contribution in [-0.2, 0) is 12.8 Å². The van der Waals surface area contributed by atoms with E-state index in [4.69, 9.17) is 8.83 Å². The summed E-state index contributed by atoms with van der Waals surface area (Å²) in [7, 11) is 0. The van der Waals surface area contributed by atoms with E-state index in [-0.39, 0.29) is 0 Å². The third-order valence-electron chi connectivity index (χ3n) is 5.08. The smallest absolute Gasteiger partial charge is 0.227 e. The molecule has 0 fully saturated rings. The van der Waals surface area contributed by atoms with Crippen molar-refractivity contribution >= 4 is 22.2 Å². The normalized spacial score (nSPS) is 11.5. The van der Waals surface area contributed by atoms with Gasteiger partial charge in [-0.25, -0.2) is 9.97 Å². The lowest BCUT2D eigenvalue weighted by atomic mass is 10.1. The Labute approximate surface area is 162 Å². The highest BCUT2D eigenvalue weighted by Gasteiger charge is 2.13. The van der Waals surface area contributed by atoms with Gasteiger partial charge in [0, 0.05) is 11.1 Å². The van der Waals surface area contributed by atoms with E-state index in [1.54, 1.807) is 0 Å². The monoisotopic (exact) mass is 368 g/mol. The molecule has 0 radical (unpaired) electrons. The van der Waals surface area contributed by atoms with Crippen molar-refractivity contribution in [2.24, 2.45) is 0 Å². The molecule has 4 heteroatoms. The average Bonchev–Trinajstić information content (AvgIpc) is 3.36. The van der Waals surface area contributed by atoms with Gasteiger partial charge >= 0.3 is 0 Å². The molecule has 0 spiro atoms. The highest BCUT2D eigenvalue weighted by molar-refractivity contribution is 5.79. The number of hydrogen-bond acceptors (Lipinski definition) is 4. The van der Waals surface area contributed by atoms with Crippen LogP contribution in [-0.4, -0.2) is 9.97 Å². The molecule has 2 heterocycles. The molecule has 0 aliphatic heterocycles. The molecule has 4 nitrogen and oxygen atoms in total. The summed E-state index contributed by atoms with van der Waals surface area (Å²) in [5.41, 5.74) is 7.67. The van der Waals surface area contributed by atoms with Crippen molar-refractivity contribution in [2.75, 3.05) is 0 Å². The van der Waals surface area contributed by atoms with E-state index in [9.17, 15) is 0 Å². The largest absolute Gasteiger partial charge is 0.436 e. The zero-order valence-electron chi connectivity index (χ0n) is 15.9. The number of aromatic nitrogens is 2. The first-order chi connectivity index (χ1) is 13.7. The fourth-order valence-electron chi connectivity index (χ4n) is 3.42. The van der Waals surface area contributed by atoms with Gasteiger partial charge in [0.15, 0.2) is 11.2 Å². The van der Waals surface area contributed by atoms with Crippen LogP contribution in [0.15, 0.2) is 69.5 Å². The van der Waals surface area contributed by atoms with Crippen molar-refractivity contribution in [3.05, 3.63) is 71.8 Å². The number of hydrogen-bond donors (Lipinski definition) is 0. The second-order valence-electron chi connectivity index (χ2n) is 6.93. The fraction of sp³-hybridized carbons (Fsp3) is 0.167. The van der Waals surface area contributed by atoms with Gasteiger partial charge in [0.2, 0.25) is 11.8 Å². The van der Waals surface area contributed by atoms with Crippen LogP contribution in [0.25, 0.3) is 45.1 Å². The van der Waals surface area contributed by atoms with Crippen molar-refractivity contribution in [1.82, 2.24) is 9.97 Å². The van der Waals surface area contributed by atoms with Crippen LogP contribution in [0, 0.1) is 0 Å². The maximum Gasteiger partial charge on any atom is 0.227 e. The Kier molecular flexibility index (Phi) is 3.97. The van der Waals surface area contributed by atoms with E-state index in [0.29, 0.717) is 11.8 Å². The standard InChI is InChI=1S/C24H20N2O2/c1-3-15-8-10-21-19(12-15)25-23(27-21)17-6-5-7-18(14-17)24-26-20-13-16(4-2)9-11-22(20)28-24/h5-14H,3-4H2,1-2H3. The fourth-order valence-corrected chi connectivity index (χ4v) is 3.42. The van der Waals surface area contributed by atoms with Gasteiger partial charge in [0.25, 0.3) is 0 Å². The Bertz CT molecular complexity index is 1200. The Morgan fingerprint density at radius 1 is 0.643 bits per heavy atom. The topological polar surface area (TPSA) is 52.1 Å². The predicted molar refractivity (Wildman–Crippen MR) is 111 cm³/mol. The Morgan fingerprint density at radius 2 is 1.14 bits per heavy atom. The van der Waals surface area contributed by atoms with Crippen molar-refractivity contribution in [3.63, 3.8) is 0 Å². The Hall–Kier alpha value is -3.40. The van der Waals surface area contributed by atoms with Gasteiger partial charge in [-0.15, -0.1) is 0 Å². The number of oxazole rings is 2. The van der Waals surface area contributed by atoms with Gasteiger partial charge in [-0.3, -0.25) is 0 Å². The molecule has 3 aromatic carbocycles. The van der Waals surface area contributed by atoms with Crippen LogP contribution in [0.2, 0.25) is 0 Å². The minimum absolute atomic E-state index is 0.606. The SMILES string of the molecule is CCc1ccc2oc(-c3cccc(-c4nc5cc(CC)ccc5o4)c3)nc2c1. The third-order valence-corrected chi connectivity index (χ3v) is 5.08. The van der Waals surface area contributed by atoms with Crippen LogP contribution in [0.4, 0.5) is 0 Å². The molecule has 0 atom stereocenters. The minimum atomic E-state index is 0.606. The summed E-state index contributed by atoms with van der Waals surface area (Å²) < 4.78 is 11.9. The van der Waals surface area contributed by atoms with Crippen LogP contribution in [0.3, 0.4) is 0 Å². The van der Waals surface area contributed by atoms with Gasteiger partial charge in [0.05, 0.1) is 0 Å². The maximum absolute atomic E-state index is 5.97. The molecule has 0 aliphatic carbocycles.